The summed E-state index contributed by atoms with van der Waals surface area (Å²) < 4.78 is 34.7. The number of benzene rings is 2. The molecule has 4 N–H and O–H groups in total. The number of ether oxygens (including phenoxy) is 2. The maximum absolute atomic E-state index is 11.9. The third-order valence-corrected chi connectivity index (χ3v) is 3.35. The van der Waals surface area contributed by atoms with E-state index in [0.717, 1.165) is 0 Å². The first-order chi connectivity index (χ1) is 11.4. The summed E-state index contributed by atoms with van der Waals surface area (Å²) in [5, 5.41) is 7.50. The van der Waals surface area contributed by atoms with Crippen LogP contribution in [-0.2, 0) is 15.0 Å². The van der Waals surface area contributed by atoms with Crippen molar-refractivity contribution in [2.24, 2.45) is 5.14 Å². The number of carbonyl (C=O) groups is 1. The van der Waals surface area contributed by atoms with Crippen LogP contribution in [0.25, 0.3) is 0 Å². The molecule has 0 fully saturated rings. The molecular formula is C15H17N3O5S. The molecule has 0 aliphatic carbocycles. The fourth-order valence-corrected chi connectivity index (χ4v) is 2.36. The van der Waals surface area contributed by atoms with Gasteiger partial charge < -0.3 is 14.8 Å². The Labute approximate surface area is 139 Å². The minimum atomic E-state index is -3.88. The van der Waals surface area contributed by atoms with Crippen LogP contribution < -0.4 is 24.7 Å². The Bertz CT molecular complexity index is 823. The lowest BCUT2D eigenvalue weighted by molar-refractivity contribution is -0.118. The zero-order chi connectivity index (χ0) is 17.6. The lowest BCUT2D eigenvalue weighted by Crippen LogP contribution is -2.22. The molecule has 1 amide bonds. The number of hydrogen-bond acceptors (Lipinski definition) is 5. The maximum atomic E-state index is 11.9. The van der Waals surface area contributed by atoms with Crippen molar-refractivity contribution in [2.45, 2.75) is 0 Å². The van der Waals surface area contributed by atoms with Crippen LogP contribution in [0.3, 0.4) is 0 Å². The van der Waals surface area contributed by atoms with E-state index in [4.69, 9.17) is 14.6 Å². The Morgan fingerprint density at radius 1 is 1.08 bits per heavy atom. The predicted molar refractivity (Wildman–Crippen MR) is 90.3 cm³/mol. The molecule has 2 aromatic carbocycles. The fourth-order valence-electron chi connectivity index (χ4n) is 1.90. The molecule has 0 saturated heterocycles. The van der Waals surface area contributed by atoms with Crippen LogP contribution in [-0.4, -0.2) is 28.0 Å². The number of nitrogens with two attached hydrogens (primary N) is 1. The summed E-state index contributed by atoms with van der Waals surface area (Å²) in [6.45, 7) is -0.229. The molecule has 128 valence electrons. The standard InChI is InChI=1S/C15H17N3O5S/c1-22-13-7-2-3-8-14(13)23-10-15(19)17-11-5-4-6-12(9-11)18-24(16,20)21/h2-9,18H,10H2,1H3,(H,17,19)(H2,16,20,21). The van der Waals surface area contributed by atoms with Gasteiger partial charge in [-0.25, -0.2) is 5.14 Å². The Morgan fingerprint density at radius 2 is 1.75 bits per heavy atom. The van der Waals surface area contributed by atoms with Gasteiger partial charge in [-0.15, -0.1) is 0 Å². The topological polar surface area (TPSA) is 120 Å². The summed E-state index contributed by atoms with van der Waals surface area (Å²) in [5.41, 5.74) is 0.637. The van der Waals surface area contributed by atoms with Crippen molar-refractivity contribution in [3.63, 3.8) is 0 Å². The molecule has 2 rings (SSSR count). The summed E-state index contributed by atoms with van der Waals surface area (Å²) in [5.74, 6) is 0.554. The van der Waals surface area contributed by atoms with Gasteiger partial charge >= 0.3 is 0 Å². The van der Waals surface area contributed by atoms with Crippen molar-refractivity contribution >= 4 is 27.5 Å². The first-order valence-corrected chi connectivity index (χ1v) is 8.38. The van der Waals surface area contributed by atoms with E-state index in [1.807, 2.05) is 0 Å². The highest BCUT2D eigenvalue weighted by atomic mass is 32.2. The first kappa shape index (κ1) is 17.6. The SMILES string of the molecule is COc1ccccc1OCC(=O)Nc1cccc(NS(N)(=O)=O)c1. The molecule has 0 aliphatic heterocycles. The van der Waals surface area contributed by atoms with Crippen molar-refractivity contribution < 1.29 is 22.7 Å². The van der Waals surface area contributed by atoms with Crippen LogP contribution in [0.4, 0.5) is 11.4 Å². The van der Waals surface area contributed by atoms with Gasteiger partial charge in [-0.05, 0) is 30.3 Å². The number of amides is 1. The van der Waals surface area contributed by atoms with Gasteiger partial charge in [0.2, 0.25) is 0 Å². The largest absolute Gasteiger partial charge is 0.493 e. The van der Waals surface area contributed by atoms with Crippen LogP contribution in [0.1, 0.15) is 0 Å². The van der Waals surface area contributed by atoms with E-state index in [1.54, 1.807) is 36.4 Å². The molecule has 0 radical (unpaired) electrons. The van der Waals surface area contributed by atoms with Crippen LogP contribution in [0, 0.1) is 0 Å². The highest BCUT2D eigenvalue weighted by Gasteiger charge is 2.08. The number of para-hydroxylation sites is 2. The number of nitrogens with one attached hydrogen (secondary N) is 2. The van der Waals surface area contributed by atoms with Crippen LogP contribution in [0.2, 0.25) is 0 Å². The molecule has 0 atom stereocenters. The summed E-state index contributed by atoms with van der Waals surface area (Å²) in [6.07, 6.45) is 0. The summed E-state index contributed by atoms with van der Waals surface area (Å²) in [7, 11) is -2.37. The summed E-state index contributed by atoms with van der Waals surface area (Å²) in [6, 6.07) is 13.1. The zero-order valence-corrected chi connectivity index (χ0v) is 13.7. The van der Waals surface area contributed by atoms with Crippen LogP contribution >= 0.6 is 0 Å². The average molecular weight is 351 g/mol. The third kappa shape index (κ3) is 5.45. The van der Waals surface area contributed by atoms with Crippen LogP contribution in [0.5, 0.6) is 11.5 Å². The molecule has 2 aromatic rings. The van der Waals surface area contributed by atoms with Crippen molar-refractivity contribution in [2.75, 3.05) is 23.8 Å². The zero-order valence-electron chi connectivity index (χ0n) is 12.9. The Balaban J connectivity index is 1.96. The van der Waals surface area contributed by atoms with E-state index in [1.165, 1.54) is 19.2 Å². The normalized spacial score (nSPS) is 10.8. The molecular weight excluding hydrogens is 334 g/mol. The third-order valence-electron chi connectivity index (χ3n) is 2.83. The number of anilines is 2. The molecule has 0 bridgehead atoms. The number of hydrogen-bond donors (Lipinski definition) is 3. The van der Waals surface area contributed by atoms with Gasteiger partial charge in [-0.3, -0.25) is 9.52 Å². The van der Waals surface area contributed by atoms with Gasteiger partial charge in [-0.1, -0.05) is 18.2 Å². The van der Waals surface area contributed by atoms with E-state index in [2.05, 4.69) is 10.0 Å². The smallest absolute Gasteiger partial charge is 0.296 e. The lowest BCUT2D eigenvalue weighted by Gasteiger charge is -2.11. The van der Waals surface area contributed by atoms with Crippen molar-refractivity contribution in [1.82, 2.24) is 0 Å². The Hall–Kier alpha value is -2.78. The van der Waals surface area contributed by atoms with E-state index in [-0.39, 0.29) is 12.3 Å². The number of rotatable bonds is 7. The van der Waals surface area contributed by atoms with Gasteiger partial charge in [0, 0.05) is 5.69 Å². The summed E-state index contributed by atoms with van der Waals surface area (Å²) >= 11 is 0. The second-order valence-electron chi connectivity index (χ2n) is 4.72. The second kappa shape index (κ2) is 7.66. The van der Waals surface area contributed by atoms with Gasteiger partial charge in [0.1, 0.15) is 0 Å². The molecule has 0 aromatic heterocycles. The Kier molecular flexibility index (Phi) is 5.61. The van der Waals surface area contributed by atoms with Gasteiger partial charge in [0.25, 0.3) is 16.1 Å². The molecule has 8 nitrogen and oxygen atoms in total. The molecule has 0 unspecified atom stereocenters. The van der Waals surface area contributed by atoms with Gasteiger partial charge in [0.05, 0.1) is 12.8 Å². The van der Waals surface area contributed by atoms with Gasteiger partial charge in [0.15, 0.2) is 18.1 Å². The van der Waals surface area contributed by atoms with Crippen molar-refractivity contribution in [3.8, 4) is 11.5 Å². The molecule has 24 heavy (non-hydrogen) atoms. The van der Waals surface area contributed by atoms with Crippen LogP contribution in [0.15, 0.2) is 48.5 Å². The maximum Gasteiger partial charge on any atom is 0.296 e. The monoisotopic (exact) mass is 351 g/mol. The molecule has 0 heterocycles. The average Bonchev–Trinajstić information content (AvgIpc) is 2.52. The van der Waals surface area contributed by atoms with E-state index in [0.29, 0.717) is 17.2 Å². The van der Waals surface area contributed by atoms with Crippen molar-refractivity contribution in [1.29, 1.82) is 0 Å². The highest BCUT2D eigenvalue weighted by molar-refractivity contribution is 7.90. The van der Waals surface area contributed by atoms with E-state index < -0.39 is 16.1 Å². The Morgan fingerprint density at radius 3 is 2.42 bits per heavy atom. The van der Waals surface area contributed by atoms with E-state index in [9.17, 15) is 13.2 Å². The molecule has 0 saturated carbocycles. The molecule has 0 spiro atoms. The second-order valence-corrected chi connectivity index (χ2v) is 6.01. The highest BCUT2D eigenvalue weighted by Crippen LogP contribution is 2.25. The quantitative estimate of drug-likeness (QED) is 0.695. The first-order valence-electron chi connectivity index (χ1n) is 6.83. The number of carbonyl (C=O) groups excluding carboxylic acids is 1. The van der Waals surface area contributed by atoms with Gasteiger partial charge in [-0.2, -0.15) is 8.42 Å². The predicted octanol–water partition coefficient (Wildman–Crippen LogP) is 1.33. The minimum Gasteiger partial charge on any atom is -0.493 e. The van der Waals surface area contributed by atoms with Crippen molar-refractivity contribution in [3.05, 3.63) is 48.5 Å². The summed E-state index contributed by atoms with van der Waals surface area (Å²) in [4.78, 5) is 11.9. The lowest BCUT2D eigenvalue weighted by atomic mass is 10.3. The van der Waals surface area contributed by atoms with E-state index >= 15 is 0 Å². The molecule has 9 heteroatoms. The fraction of sp³-hybridized carbons (Fsp3) is 0.133. The molecule has 0 aliphatic rings. The minimum absolute atomic E-state index is 0.229. The number of methoxy groups -OCH3 is 1.